The van der Waals surface area contributed by atoms with Gasteiger partial charge in [0.1, 0.15) is 18.1 Å². The minimum absolute atomic E-state index is 0.114. The molecule has 2 fully saturated rings. The summed E-state index contributed by atoms with van der Waals surface area (Å²) in [6.07, 6.45) is 5.21. The summed E-state index contributed by atoms with van der Waals surface area (Å²) < 4.78 is 11.8. The second kappa shape index (κ2) is 9.49. The summed E-state index contributed by atoms with van der Waals surface area (Å²) in [7, 11) is 0. The molecule has 1 unspecified atom stereocenters. The molecule has 186 valence electrons. The summed E-state index contributed by atoms with van der Waals surface area (Å²) in [5.41, 5.74) is 4.70. The van der Waals surface area contributed by atoms with Gasteiger partial charge >= 0.3 is 0 Å². The quantitative estimate of drug-likeness (QED) is 0.478. The topological polar surface area (TPSA) is 71.8 Å². The molecule has 1 aromatic heterocycles. The fourth-order valence-corrected chi connectivity index (χ4v) is 4.97. The Hall–Kier alpha value is -3.54. The van der Waals surface area contributed by atoms with E-state index >= 15 is 0 Å². The SMILES string of the molecule is Cc1ccc(C2c3cc(OCc4ccc(C(=O)NCC5CC5)o4)ccc3CCN2C(=O)C2CC2)cc1. The minimum Gasteiger partial charge on any atom is -0.486 e. The molecule has 6 nitrogen and oxygen atoms in total. The Bertz CT molecular complexity index is 1270. The zero-order chi connectivity index (χ0) is 24.6. The molecule has 3 aromatic rings. The summed E-state index contributed by atoms with van der Waals surface area (Å²) in [5, 5.41) is 2.93. The zero-order valence-corrected chi connectivity index (χ0v) is 20.7. The molecule has 3 aliphatic rings. The molecule has 2 amide bonds. The van der Waals surface area contributed by atoms with Crippen LogP contribution in [0.4, 0.5) is 0 Å². The number of carbonyl (C=O) groups is 2. The molecule has 0 radical (unpaired) electrons. The predicted octanol–water partition coefficient (Wildman–Crippen LogP) is 5.19. The lowest BCUT2D eigenvalue weighted by molar-refractivity contribution is -0.134. The van der Waals surface area contributed by atoms with Crippen molar-refractivity contribution in [2.75, 3.05) is 13.1 Å². The first-order valence-corrected chi connectivity index (χ1v) is 13.0. The van der Waals surface area contributed by atoms with Gasteiger partial charge in [0.05, 0.1) is 6.04 Å². The van der Waals surface area contributed by atoms with Gasteiger partial charge in [-0.05, 0) is 85.9 Å². The van der Waals surface area contributed by atoms with E-state index in [0.717, 1.165) is 42.7 Å². The summed E-state index contributed by atoms with van der Waals surface area (Å²) in [4.78, 5) is 27.6. The lowest BCUT2D eigenvalue weighted by Gasteiger charge is -2.38. The highest BCUT2D eigenvalue weighted by molar-refractivity contribution is 5.91. The van der Waals surface area contributed by atoms with Crippen molar-refractivity contribution < 1.29 is 18.7 Å². The third-order valence-corrected chi connectivity index (χ3v) is 7.46. The molecule has 6 rings (SSSR count). The van der Waals surface area contributed by atoms with E-state index < -0.39 is 0 Å². The lowest BCUT2D eigenvalue weighted by Crippen LogP contribution is -2.41. The Kier molecular flexibility index (Phi) is 6.04. The van der Waals surface area contributed by atoms with Gasteiger partial charge in [-0.3, -0.25) is 9.59 Å². The van der Waals surface area contributed by atoms with Crippen molar-refractivity contribution in [2.24, 2.45) is 11.8 Å². The van der Waals surface area contributed by atoms with E-state index in [1.807, 2.05) is 6.07 Å². The van der Waals surface area contributed by atoms with Crippen molar-refractivity contribution in [3.8, 4) is 5.75 Å². The third kappa shape index (κ3) is 4.90. The summed E-state index contributed by atoms with van der Waals surface area (Å²) in [6.45, 7) is 3.75. The van der Waals surface area contributed by atoms with Crippen LogP contribution in [0.2, 0.25) is 0 Å². The highest BCUT2D eigenvalue weighted by atomic mass is 16.5. The number of hydrogen-bond donors (Lipinski definition) is 1. The zero-order valence-electron chi connectivity index (χ0n) is 20.7. The average molecular weight is 485 g/mol. The molecule has 2 aromatic carbocycles. The van der Waals surface area contributed by atoms with E-state index in [1.165, 1.54) is 24.0 Å². The van der Waals surface area contributed by atoms with Gasteiger partial charge in [-0.15, -0.1) is 0 Å². The molecule has 36 heavy (non-hydrogen) atoms. The molecule has 2 saturated carbocycles. The van der Waals surface area contributed by atoms with E-state index in [-0.39, 0.29) is 30.4 Å². The van der Waals surface area contributed by atoms with Crippen molar-refractivity contribution in [1.29, 1.82) is 0 Å². The van der Waals surface area contributed by atoms with Gasteiger partial charge in [0.15, 0.2) is 5.76 Å². The van der Waals surface area contributed by atoms with E-state index in [9.17, 15) is 9.59 Å². The van der Waals surface area contributed by atoms with Crippen LogP contribution < -0.4 is 10.1 Å². The van der Waals surface area contributed by atoms with E-state index in [1.54, 1.807) is 12.1 Å². The second-order valence-electron chi connectivity index (χ2n) is 10.4. The molecule has 2 aliphatic carbocycles. The van der Waals surface area contributed by atoms with Gasteiger partial charge in [-0.25, -0.2) is 0 Å². The van der Waals surface area contributed by atoms with E-state index in [4.69, 9.17) is 9.15 Å². The van der Waals surface area contributed by atoms with Gasteiger partial charge in [0.25, 0.3) is 5.91 Å². The Morgan fingerprint density at radius 2 is 1.83 bits per heavy atom. The third-order valence-electron chi connectivity index (χ3n) is 7.46. The number of hydrogen-bond acceptors (Lipinski definition) is 4. The summed E-state index contributed by atoms with van der Waals surface area (Å²) in [5.74, 6) is 2.52. The van der Waals surface area contributed by atoms with Gasteiger partial charge in [0, 0.05) is 19.0 Å². The van der Waals surface area contributed by atoms with Crippen LogP contribution in [0.3, 0.4) is 0 Å². The Labute approximate surface area is 211 Å². The van der Waals surface area contributed by atoms with Crippen LogP contribution in [-0.2, 0) is 17.8 Å². The van der Waals surface area contributed by atoms with Crippen molar-refractivity contribution >= 4 is 11.8 Å². The first kappa shape index (κ1) is 22.9. The average Bonchev–Trinajstić information content (AvgIpc) is 3.84. The minimum atomic E-state index is -0.178. The van der Waals surface area contributed by atoms with E-state index in [2.05, 4.69) is 53.5 Å². The molecule has 0 saturated heterocycles. The van der Waals surface area contributed by atoms with Crippen molar-refractivity contribution in [3.05, 3.63) is 88.4 Å². The molecule has 1 atom stereocenters. The molecule has 6 heteroatoms. The predicted molar refractivity (Wildman–Crippen MR) is 136 cm³/mol. The van der Waals surface area contributed by atoms with Gasteiger partial charge in [-0.1, -0.05) is 35.9 Å². The molecule has 2 heterocycles. The number of nitrogens with zero attached hydrogens (tertiary/aromatic N) is 1. The fourth-order valence-electron chi connectivity index (χ4n) is 4.97. The lowest BCUT2D eigenvalue weighted by atomic mass is 9.87. The van der Waals surface area contributed by atoms with Crippen LogP contribution in [0.1, 0.15) is 70.3 Å². The smallest absolute Gasteiger partial charge is 0.287 e. The van der Waals surface area contributed by atoms with Crippen molar-refractivity contribution in [2.45, 2.75) is 51.7 Å². The molecule has 1 N–H and O–H groups in total. The second-order valence-corrected chi connectivity index (χ2v) is 10.4. The maximum Gasteiger partial charge on any atom is 0.287 e. The van der Waals surface area contributed by atoms with Crippen LogP contribution in [0.15, 0.2) is 59.0 Å². The monoisotopic (exact) mass is 484 g/mol. The van der Waals surface area contributed by atoms with Gasteiger partial charge in [-0.2, -0.15) is 0 Å². The highest BCUT2D eigenvalue weighted by Crippen LogP contribution is 2.41. The number of rotatable bonds is 8. The normalized spacial score (nSPS) is 19.0. The van der Waals surface area contributed by atoms with Gasteiger partial charge in [0.2, 0.25) is 5.91 Å². The number of aryl methyl sites for hydroxylation is 1. The summed E-state index contributed by atoms with van der Waals surface area (Å²) >= 11 is 0. The number of fused-ring (bicyclic) bond motifs is 1. The molecule has 0 bridgehead atoms. The summed E-state index contributed by atoms with van der Waals surface area (Å²) in [6, 6.07) is 18.0. The molecule has 0 spiro atoms. The Morgan fingerprint density at radius 1 is 1.03 bits per heavy atom. The highest BCUT2D eigenvalue weighted by Gasteiger charge is 2.39. The maximum absolute atomic E-state index is 13.2. The van der Waals surface area contributed by atoms with Crippen LogP contribution in [-0.4, -0.2) is 29.8 Å². The van der Waals surface area contributed by atoms with Gasteiger partial charge < -0.3 is 19.4 Å². The first-order chi connectivity index (χ1) is 17.5. The number of carbonyl (C=O) groups excluding carboxylic acids is 2. The number of amides is 2. The molecular weight excluding hydrogens is 452 g/mol. The Morgan fingerprint density at radius 3 is 2.58 bits per heavy atom. The maximum atomic E-state index is 13.2. The fraction of sp³-hybridized carbons (Fsp3) is 0.400. The number of benzene rings is 2. The standard InChI is InChI=1S/C30H32N2O4/c1-19-2-6-22(7-3-19)28-26-16-24(11-10-21(26)14-15-32(28)30(34)23-8-9-23)35-18-25-12-13-27(36-25)29(33)31-17-20-4-5-20/h2-3,6-7,10-13,16,20,23,28H,4-5,8-9,14-15,17-18H2,1H3,(H,31,33). The van der Waals surface area contributed by atoms with Crippen LogP contribution >= 0.6 is 0 Å². The van der Waals surface area contributed by atoms with Crippen molar-refractivity contribution in [1.82, 2.24) is 10.2 Å². The van der Waals surface area contributed by atoms with Crippen LogP contribution in [0.25, 0.3) is 0 Å². The van der Waals surface area contributed by atoms with E-state index in [0.29, 0.717) is 24.0 Å². The first-order valence-electron chi connectivity index (χ1n) is 13.0. The molecular formula is C30H32N2O4. The molecule has 1 aliphatic heterocycles. The number of ether oxygens (including phenoxy) is 1. The van der Waals surface area contributed by atoms with Crippen LogP contribution in [0, 0.1) is 18.8 Å². The van der Waals surface area contributed by atoms with Crippen molar-refractivity contribution in [3.63, 3.8) is 0 Å². The number of furan rings is 1. The van der Waals surface area contributed by atoms with Crippen LogP contribution in [0.5, 0.6) is 5.75 Å². The number of nitrogens with one attached hydrogen (secondary N) is 1. The largest absolute Gasteiger partial charge is 0.486 e. The Balaban J connectivity index is 1.20.